The van der Waals surface area contributed by atoms with Crippen molar-refractivity contribution in [2.45, 2.75) is 13.0 Å². The van der Waals surface area contributed by atoms with Crippen LogP contribution in [0.25, 0.3) is 0 Å². The van der Waals surface area contributed by atoms with Crippen molar-refractivity contribution in [3.8, 4) is 11.5 Å². The fourth-order valence-electron chi connectivity index (χ4n) is 2.58. The lowest BCUT2D eigenvalue weighted by Gasteiger charge is -2.10. The number of hydrogen-bond acceptors (Lipinski definition) is 6. The molecule has 0 atom stereocenters. The molecule has 0 unspecified atom stereocenters. The van der Waals surface area contributed by atoms with E-state index in [0.29, 0.717) is 11.3 Å². The molecule has 3 amide bonds. The van der Waals surface area contributed by atoms with E-state index in [1.165, 1.54) is 54.7 Å². The van der Waals surface area contributed by atoms with E-state index in [-0.39, 0.29) is 30.2 Å². The van der Waals surface area contributed by atoms with Gasteiger partial charge in [-0.1, -0.05) is 17.3 Å². The van der Waals surface area contributed by atoms with Crippen LogP contribution in [0.5, 0.6) is 11.5 Å². The number of nitroso groups, excluding NO2 is 1. The summed E-state index contributed by atoms with van der Waals surface area (Å²) in [4.78, 5) is 38.1. The van der Waals surface area contributed by atoms with E-state index in [1.54, 1.807) is 0 Å². The summed E-state index contributed by atoms with van der Waals surface area (Å²) in [5.41, 5.74) is 0.994. The largest absolute Gasteiger partial charge is 0.454 e. The third kappa shape index (κ3) is 6.39. The van der Waals surface area contributed by atoms with Crippen LogP contribution < -0.4 is 15.4 Å². The number of urea groups is 1. The first kappa shape index (κ1) is 21.5. The van der Waals surface area contributed by atoms with Gasteiger partial charge >= 0.3 is 6.03 Å². The number of imide groups is 1. The molecule has 0 spiro atoms. The molecule has 1 aromatic heterocycles. The number of pyridine rings is 1. The standard InChI is InChI=1S/C21H16F2N4O4/c22-14-3-1-13(2-4-14)9-20(28)27-21(29)26-15-5-6-19(18(23)11-15)31-17-7-8-24-16(10-17)12-25-30/h1-8,10-11H,9,12H2,(H2,26,27,28,29). The second-order valence-corrected chi connectivity index (χ2v) is 6.32. The van der Waals surface area contributed by atoms with E-state index >= 15 is 0 Å². The van der Waals surface area contributed by atoms with Crippen LogP contribution in [0, 0.1) is 16.5 Å². The maximum Gasteiger partial charge on any atom is 0.325 e. The zero-order chi connectivity index (χ0) is 22.2. The van der Waals surface area contributed by atoms with Gasteiger partial charge in [0.2, 0.25) is 5.91 Å². The first-order valence-corrected chi connectivity index (χ1v) is 8.99. The van der Waals surface area contributed by atoms with Crippen molar-refractivity contribution >= 4 is 17.6 Å². The molecule has 1 heterocycles. The molecule has 0 fully saturated rings. The van der Waals surface area contributed by atoms with E-state index < -0.39 is 23.6 Å². The van der Waals surface area contributed by atoms with Gasteiger partial charge in [-0.2, -0.15) is 4.91 Å². The zero-order valence-electron chi connectivity index (χ0n) is 16.0. The number of carbonyl (C=O) groups is 2. The topological polar surface area (TPSA) is 110 Å². The molecular formula is C21H16F2N4O4. The van der Waals surface area contributed by atoms with Crippen molar-refractivity contribution in [1.29, 1.82) is 0 Å². The first-order valence-electron chi connectivity index (χ1n) is 8.99. The van der Waals surface area contributed by atoms with Gasteiger partial charge in [-0.15, -0.1) is 0 Å². The lowest BCUT2D eigenvalue weighted by atomic mass is 10.1. The van der Waals surface area contributed by atoms with Gasteiger partial charge in [0.25, 0.3) is 0 Å². The number of aromatic nitrogens is 1. The summed E-state index contributed by atoms with van der Waals surface area (Å²) in [6, 6.07) is 11.1. The molecule has 0 aliphatic rings. The van der Waals surface area contributed by atoms with E-state index in [4.69, 9.17) is 4.74 Å². The minimum absolute atomic E-state index is 0.0949. The van der Waals surface area contributed by atoms with Crippen molar-refractivity contribution in [3.05, 3.63) is 88.6 Å². The van der Waals surface area contributed by atoms with Crippen molar-refractivity contribution < 1.29 is 23.1 Å². The first-order chi connectivity index (χ1) is 14.9. The average molecular weight is 426 g/mol. The minimum Gasteiger partial charge on any atom is -0.454 e. The summed E-state index contributed by atoms with van der Waals surface area (Å²) >= 11 is 0. The number of nitrogens with zero attached hydrogens (tertiary/aromatic N) is 2. The number of carbonyl (C=O) groups excluding carboxylic acids is 2. The molecule has 31 heavy (non-hydrogen) atoms. The molecule has 0 bridgehead atoms. The van der Waals surface area contributed by atoms with Crippen LogP contribution in [0.3, 0.4) is 0 Å². The van der Waals surface area contributed by atoms with Crippen molar-refractivity contribution in [3.63, 3.8) is 0 Å². The molecule has 10 heteroatoms. The monoisotopic (exact) mass is 426 g/mol. The zero-order valence-corrected chi connectivity index (χ0v) is 16.0. The highest BCUT2D eigenvalue weighted by atomic mass is 19.1. The van der Waals surface area contributed by atoms with Crippen LogP contribution in [-0.4, -0.2) is 16.9 Å². The maximum absolute atomic E-state index is 14.3. The molecule has 0 radical (unpaired) electrons. The molecule has 2 N–H and O–H groups in total. The second kappa shape index (κ2) is 10.0. The molecule has 158 valence electrons. The molecule has 3 rings (SSSR count). The molecular weight excluding hydrogens is 410 g/mol. The average Bonchev–Trinajstić information content (AvgIpc) is 2.72. The number of amides is 3. The quantitative estimate of drug-likeness (QED) is 0.547. The number of halogens is 2. The maximum atomic E-state index is 14.3. The predicted molar refractivity (Wildman–Crippen MR) is 107 cm³/mol. The van der Waals surface area contributed by atoms with Gasteiger partial charge in [0.1, 0.15) is 18.1 Å². The van der Waals surface area contributed by atoms with Crippen LogP contribution in [-0.2, 0) is 17.8 Å². The van der Waals surface area contributed by atoms with E-state index in [0.717, 1.165) is 6.07 Å². The summed E-state index contributed by atoms with van der Waals surface area (Å²) in [6.07, 6.45) is 1.28. The van der Waals surface area contributed by atoms with Gasteiger partial charge in [-0.25, -0.2) is 13.6 Å². The number of rotatable bonds is 7. The number of nitrogens with one attached hydrogen (secondary N) is 2. The molecule has 3 aromatic rings. The number of benzene rings is 2. The second-order valence-electron chi connectivity index (χ2n) is 6.32. The van der Waals surface area contributed by atoms with Gasteiger partial charge < -0.3 is 10.1 Å². The van der Waals surface area contributed by atoms with Gasteiger partial charge in [0.15, 0.2) is 11.6 Å². The van der Waals surface area contributed by atoms with Gasteiger partial charge in [0, 0.05) is 24.0 Å². The number of hydrogen-bond donors (Lipinski definition) is 2. The Morgan fingerprint density at radius 1 is 1.03 bits per heavy atom. The minimum atomic E-state index is -0.847. The SMILES string of the molecule is O=NCc1cc(Oc2ccc(NC(=O)NC(=O)Cc3ccc(F)cc3)cc2F)ccn1. The summed E-state index contributed by atoms with van der Waals surface area (Å²) < 4.78 is 32.7. The summed E-state index contributed by atoms with van der Waals surface area (Å²) in [5.74, 6) is -1.66. The van der Waals surface area contributed by atoms with Crippen LogP contribution in [0.15, 0.2) is 66.0 Å². The Hall–Kier alpha value is -4.21. The fraction of sp³-hybridized carbons (Fsp3) is 0.0952. The van der Waals surface area contributed by atoms with E-state index in [2.05, 4.69) is 20.8 Å². The molecule has 8 nitrogen and oxygen atoms in total. The third-order valence-corrected chi connectivity index (χ3v) is 3.96. The van der Waals surface area contributed by atoms with Crippen molar-refractivity contribution in [1.82, 2.24) is 10.3 Å². The highest BCUT2D eigenvalue weighted by Crippen LogP contribution is 2.27. The molecule has 0 saturated heterocycles. The van der Waals surface area contributed by atoms with Gasteiger partial charge in [0.05, 0.1) is 12.1 Å². The van der Waals surface area contributed by atoms with Crippen LogP contribution in [0.1, 0.15) is 11.3 Å². The highest BCUT2D eigenvalue weighted by molar-refractivity contribution is 6.01. The smallest absolute Gasteiger partial charge is 0.325 e. The van der Waals surface area contributed by atoms with Crippen molar-refractivity contribution in [2.75, 3.05) is 5.32 Å². The Kier molecular flexibility index (Phi) is 6.94. The Labute approximate surface area is 175 Å². The Bertz CT molecular complexity index is 1110. The summed E-state index contributed by atoms with van der Waals surface area (Å²) in [7, 11) is 0. The molecule has 2 aromatic carbocycles. The summed E-state index contributed by atoms with van der Waals surface area (Å²) in [5, 5.41) is 7.18. The normalized spacial score (nSPS) is 10.3. The van der Waals surface area contributed by atoms with Crippen LogP contribution in [0.2, 0.25) is 0 Å². The van der Waals surface area contributed by atoms with E-state index in [9.17, 15) is 23.3 Å². The molecule has 0 saturated carbocycles. The fourth-order valence-corrected chi connectivity index (χ4v) is 2.58. The van der Waals surface area contributed by atoms with Crippen molar-refractivity contribution in [2.24, 2.45) is 5.18 Å². The third-order valence-electron chi connectivity index (χ3n) is 3.96. The molecule has 0 aliphatic heterocycles. The summed E-state index contributed by atoms with van der Waals surface area (Å²) in [6.45, 7) is -0.141. The van der Waals surface area contributed by atoms with E-state index in [1.807, 2.05) is 0 Å². The predicted octanol–water partition coefficient (Wildman–Crippen LogP) is 4.31. The molecule has 0 aliphatic carbocycles. The Morgan fingerprint density at radius 3 is 2.52 bits per heavy atom. The van der Waals surface area contributed by atoms with Crippen LogP contribution >= 0.6 is 0 Å². The Balaban J connectivity index is 1.57. The Morgan fingerprint density at radius 2 is 1.81 bits per heavy atom. The number of ether oxygens (including phenoxy) is 1. The van der Waals surface area contributed by atoms with Crippen LogP contribution in [0.4, 0.5) is 19.3 Å². The van der Waals surface area contributed by atoms with Gasteiger partial charge in [-0.05, 0) is 35.9 Å². The lowest BCUT2D eigenvalue weighted by Crippen LogP contribution is -2.35. The highest BCUT2D eigenvalue weighted by Gasteiger charge is 2.12. The lowest BCUT2D eigenvalue weighted by molar-refractivity contribution is -0.119. The number of anilines is 1. The van der Waals surface area contributed by atoms with Gasteiger partial charge in [-0.3, -0.25) is 15.1 Å².